The van der Waals surface area contributed by atoms with Gasteiger partial charge in [0, 0.05) is 11.1 Å². The van der Waals surface area contributed by atoms with E-state index in [1.165, 1.54) is 0 Å². The number of rotatable bonds is 5. The number of benzene rings is 1. The summed E-state index contributed by atoms with van der Waals surface area (Å²) in [5.41, 5.74) is 0.868. The Hall–Kier alpha value is -2.19. The van der Waals surface area contributed by atoms with Crippen molar-refractivity contribution in [3.05, 3.63) is 29.3 Å². The Kier molecular flexibility index (Phi) is 6.26. The van der Waals surface area contributed by atoms with E-state index in [9.17, 15) is 4.79 Å². The SMILES string of the molecule is C#Cc1ccc(C(C)NC(=O)OC(C)(C)C)c(OCCO)c1. The van der Waals surface area contributed by atoms with Crippen LogP contribution in [-0.4, -0.2) is 30.0 Å². The number of carbonyl (C=O) groups excluding carboxylic acids is 1. The lowest BCUT2D eigenvalue weighted by Crippen LogP contribution is -2.34. The molecule has 1 aromatic rings. The van der Waals surface area contributed by atoms with Crippen molar-refractivity contribution in [3.8, 4) is 18.1 Å². The molecule has 22 heavy (non-hydrogen) atoms. The second-order valence-electron chi connectivity index (χ2n) is 5.84. The van der Waals surface area contributed by atoms with Crippen LogP contribution in [0.5, 0.6) is 5.75 Å². The summed E-state index contributed by atoms with van der Waals surface area (Å²) in [7, 11) is 0. The van der Waals surface area contributed by atoms with Gasteiger partial charge in [-0.25, -0.2) is 4.79 Å². The quantitative estimate of drug-likeness (QED) is 0.821. The topological polar surface area (TPSA) is 67.8 Å². The molecule has 0 saturated carbocycles. The van der Waals surface area contributed by atoms with Gasteiger partial charge >= 0.3 is 6.09 Å². The lowest BCUT2D eigenvalue weighted by atomic mass is 10.0. The first-order valence-corrected chi connectivity index (χ1v) is 7.10. The smallest absolute Gasteiger partial charge is 0.408 e. The molecule has 0 heterocycles. The molecule has 1 rings (SSSR count). The highest BCUT2D eigenvalue weighted by Crippen LogP contribution is 2.26. The number of terminal acetylenes is 1. The molecule has 0 aliphatic rings. The molecule has 0 radical (unpaired) electrons. The summed E-state index contributed by atoms with van der Waals surface area (Å²) < 4.78 is 10.7. The van der Waals surface area contributed by atoms with Gasteiger partial charge in [0.2, 0.25) is 0 Å². The van der Waals surface area contributed by atoms with Crippen LogP contribution < -0.4 is 10.1 Å². The highest BCUT2D eigenvalue weighted by atomic mass is 16.6. The Morgan fingerprint density at radius 1 is 1.45 bits per heavy atom. The molecule has 0 aromatic heterocycles. The first-order valence-electron chi connectivity index (χ1n) is 7.10. The minimum atomic E-state index is -0.562. The Morgan fingerprint density at radius 3 is 2.68 bits per heavy atom. The summed E-state index contributed by atoms with van der Waals surface area (Å²) in [5, 5.41) is 11.7. The van der Waals surface area contributed by atoms with Crippen molar-refractivity contribution in [3.63, 3.8) is 0 Å². The van der Waals surface area contributed by atoms with Crippen LogP contribution in [0, 0.1) is 12.3 Å². The Balaban J connectivity index is 2.89. The second-order valence-corrected chi connectivity index (χ2v) is 5.84. The Labute approximate surface area is 131 Å². The van der Waals surface area contributed by atoms with E-state index in [0.29, 0.717) is 11.3 Å². The zero-order valence-corrected chi connectivity index (χ0v) is 13.5. The van der Waals surface area contributed by atoms with Gasteiger partial charge in [-0.2, -0.15) is 0 Å². The molecule has 1 amide bonds. The van der Waals surface area contributed by atoms with Gasteiger partial charge in [0.1, 0.15) is 18.0 Å². The zero-order chi connectivity index (χ0) is 16.8. The van der Waals surface area contributed by atoms with Gasteiger partial charge in [-0.1, -0.05) is 12.0 Å². The van der Waals surface area contributed by atoms with Crippen LogP contribution in [-0.2, 0) is 4.74 Å². The molecule has 1 aromatic carbocycles. The largest absolute Gasteiger partial charge is 0.491 e. The predicted octanol–water partition coefficient (Wildman–Crippen LogP) is 2.62. The summed E-state index contributed by atoms with van der Waals surface area (Å²) in [6, 6.07) is 4.95. The molecule has 0 bridgehead atoms. The third kappa shape index (κ3) is 5.66. The number of hydrogen-bond acceptors (Lipinski definition) is 4. The lowest BCUT2D eigenvalue weighted by Gasteiger charge is -2.23. The average Bonchev–Trinajstić information content (AvgIpc) is 2.42. The summed E-state index contributed by atoms with van der Waals surface area (Å²) in [6.07, 6.45) is 4.87. The number of nitrogens with one attached hydrogen (secondary N) is 1. The highest BCUT2D eigenvalue weighted by molar-refractivity contribution is 5.68. The fourth-order valence-electron chi connectivity index (χ4n) is 1.82. The number of aliphatic hydroxyl groups is 1. The van der Waals surface area contributed by atoms with Crippen LogP contribution in [0.25, 0.3) is 0 Å². The van der Waals surface area contributed by atoms with Crippen LogP contribution in [0.15, 0.2) is 18.2 Å². The molecule has 120 valence electrons. The summed E-state index contributed by atoms with van der Waals surface area (Å²) in [5.74, 6) is 3.06. The van der Waals surface area contributed by atoms with Gasteiger partial charge in [0.15, 0.2) is 0 Å². The minimum absolute atomic E-state index is 0.104. The summed E-state index contributed by atoms with van der Waals surface area (Å²) >= 11 is 0. The maximum atomic E-state index is 11.8. The van der Waals surface area contributed by atoms with Gasteiger partial charge in [-0.15, -0.1) is 6.42 Å². The molecule has 5 heteroatoms. The molecule has 2 N–H and O–H groups in total. The Bertz CT molecular complexity index is 555. The van der Waals surface area contributed by atoms with Gasteiger partial charge in [0.25, 0.3) is 0 Å². The van der Waals surface area contributed by atoms with E-state index in [0.717, 1.165) is 5.56 Å². The van der Waals surface area contributed by atoms with Gasteiger partial charge in [-0.3, -0.25) is 0 Å². The third-order valence-corrected chi connectivity index (χ3v) is 2.73. The first-order chi connectivity index (χ1) is 10.3. The highest BCUT2D eigenvalue weighted by Gasteiger charge is 2.20. The van der Waals surface area contributed by atoms with Crippen molar-refractivity contribution in [2.24, 2.45) is 0 Å². The number of carbonyl (C=O) groups is 1. The first kappa shape index (κ1) is 17.9. The maximum absolute atomic E-state index is 11.8. The normalized spacial score (nSPS) is 12.2. The van der Waals surface area contributed by atoms with Gasteiger partial charge in [0.05, 0.1) is 12.6 Å². The van der Waals surface area contributed by atoms with Crippen molar-refractivity contribution in [2.75, 3.05) is 13.2 Å². The van der Waals surface area contributed by atoms with E-state index in [1.54, 1.807) is 39.0 Å². The lowest BCUT2D eigenvalue weighted by molar-refractivity contribution is 0.0507. The summed E-state index contributed by atoms with van der Waals surface area (Å²) in [4.78, 5) is 11.8. The van der Waals surface area contributed by atoms with Crippen LogP contribution >= 0.6 is 0 Å². The van der Waals surface area contributed by atoms with Gasteiger partial charge in [-0.05, 0) is 39.8 Å². The number of amides is 1. The van der Waals surface area contributed by atoms with Crippen LogP contribution in [0.1, 0.15) is 44.9 Å². The van der Waals surface area contributed by atoms with E-state index in [-0.39, 0.29) is 19.3 Å². The molecule has 0 saturated heterocycles. The Morgan fingerprint density at radius 2 is 2.14 bits per heavy atom. The number of alkyl carbamates (subject to hydrolysis) is 1. The van der Waals surface area contributed by atoms with Crippen LogP contribution in [0.2, 0.25) is 0 Å². The maximum Gasteiger partial charge on any atom is 0.408 e. The molecular formula is C17H23NO4. The fourth-order valence-corrected chi connectivity index (χ4v) is 1.82. The van der Waals surface area contributed by atoms with Crippen LogP contribution in [0.4, 0.5) is 4.79 Å². The van der Waals surface area contributed by atoms with E-state index >= 15 is 0 Å². The van der Waals surface area contributed by atoms with Crippen molar-refractivity contribution in [2.45, 2.75) is 39.3 Å². The van der Waals surface area contributed by atoms with E-state index in [1.807, 2.05) is 6.92 Å². The third-order valence-electron chi connectivity index (χ3n) is 2.73. The van der Waals surface area contributed by atoms with E-state index in [2.05, 4.69) is 11.2 Å². The van der Waals surface area contributed by atoms with Crippen molar-refractivity contribution in [1.29, 1.82) is 0 Å². The van der Waals surface area contributed by atoms with Crippen molar-refractivity contribution >= 4 is 6.09 Å². The van der Waals surface area contributed by atoms with E-state index < -0.39 is 11.7 Å². The summed E-state index contributed by atoms with van der Waals surface area (Å²) in [6.45, 7) is 7.27. The zero-order valence-electron chi connectivity index (χ0n) is 13.5. The molecule has 1 unspecified atom stereocenters. The van der Waals surface area contributed by atoms with Crippen molar-refractivity contribution < 1.29 is 19.4 Å². The molecule has 0 spiro atoms. The predicted molar refractivity (Wildman–Crippen MR) is 84.7 cm³/mol. The van der Waals surface area contributed by atoms with E-state index in [4.69, 9.17) is 21.0 Å². The average molecular weight is 305 g/mol. The van der Waals surface area contributed by atoms with Crippen LogP contribution in [0.3, 0.4) is 0 Å². The monoisotopic (exact) mass is 305 g/mol. The fraction of sp³-hybridized carbons (Fsp3) is 0.471. The second kappa shape index (κ2) is 7.71. The van der Waals surface area contributed by atoms with Crippen molar-refractivity contribution in [1.82, 2.24) is 5.32 Å². The number of ether oxygens (including phenoxy) is 2. The molecule has 0 aliphatic carbocycles. The van der Waals surface area contributed by atoms with Gasteiger partial charge < -0.3 is 19.9 Å². The molecule has 5 nitrogen and oxygen atoms in total. The number of aliphatic hydroxyl groups excluding tert-OH is 1. The number of hydrogen-bond donors (Lipinski definition) is 2. The molecule has 0 aliphatic heterocycles. The minimum Gasteiger partial charge on any atom is -0.491 e. The molecule has 1 atom stereocenters. The molecule has 0 fully saturated rings. The standard InChI is InChI=1S/C17H23NO4/c1-6-13-7-8-14(15(11-13)21-10-9-19)12(2)18-16(20)22-17(3,4)5/h1,7-8,11-12,19H,9-10H2,2-5H3,(H,18,20). The molecular weight excluding hydrogens is 282 g/mol.